The molecule has 3 aromatic carbocycles. The van der Waals surface area contributed by atoms with Crippen LogP contribution in [-0.2, 0) is 4.79 Å². The molecule has 4 aromatic rings. The van der Waals surface area contributed by atoms with Crippen LogP contribution in [0.5, 0.6) is 11.5 Å². The highest BCUT2D eigenvalue weighted by molar-refractivity contribution is 9.10. The fourth-order valence-electron chi connectivity index (χ4n) is 3.37. The van der Waals surface area contributed by atoms with Gasteiger partial charge in [0.25, 0.3) is 5.91 Å². The number of nitriles is 1. The van der Waals surface area contributed by atoms with E-state index in [1.54, 1.807) is 25.1 Å². The van der Waals surface area contributed by atoms with E-state index in [-0.39, 0.29) is 12.2 Å². The van der Waals surface area contributed by atoms with Gasteiger partial charge in [-0.2, -0.15) is 5.26 Å². The van der Waals surface area contributed by atoms with Gasteiger partial charge in [-0.1, -0.05) is 0 Å². The zero-order valence-corrected chi connectivity index (χ0v) is 20.5. The Kier molecular flexibility index (Phi) is 7.61. The number of anilines is 1. The monoisotopic (exact) mass is 552 g/mol. The van der Waals surface area contributed by atoms with Gasteiger partial charge in [-0.05, 0) is 89.1 Å². The van der Waals surface area contributed by atoms with Crippen molar-refractivity contribution in [1.29, 1.82) is 5.26 Å². The number of benzene rings is 3. The van der Waals surface area contributed by atoms with E-state index in [9.17, 15) is 18.8 Å². The highest BCUT2D eigenvalue weighted by Gasteiger charge is 2.15. The fraction of sp³-hybridized carbons (Fsp3) is 0.115. The molecule has 2 N–H and O–H groups in total. The SMILES string of the molecule is CCOc1cc(/C=C(/C#N)c2nc3ccc(F)cc3[nH]2)cc(Br)c1OCC(=O)Nc1ccc(F)cc1. The topological polar surface area (TPSA) is 100 Å². The Morgan fingerprint density at radius 2 is 1.89 bits per heavy atom. The van der Waals surface area contributed by atoms with E-state index in [1.165, 1.54) is 42.5 Å². The van der Waals surface area contributed by atoms with Crippen LogP contribution in [-0.4, -0.2) is 29.1 Å². The Balaban J connectivity index is 1.56. The van der Waals surface area contributed by atoms with Crippen molar-refractivity contribution >= 4 is 50.2 Å². The van der Waals surface area contributed by atoms with Crippen molar-refractivity contribution in [3.63, 3.8) is 0 Å². The second-order valence-electron chi connectivity index (χ2n) is 7.52. The van der Waals surface area contributed by atoms with E-state index in [4.69, 9.17) is 9.47 Å². The number of amides is 1. The summed E-state index contributed by atoms with van der Waals surface area (Å²) in [5.74, 6) is -0.291. The first-order valence-corrected chi connectivity index (χ1v) is 11.6. The van der Waals surface area contributed by atoms with E-state index >= 15 is 0 Å². The molecule has 0 unspecified atom stereocenters. The van der Waals surface area contributed by atoms with Gasteiger partial charge in [0.15, 0.2) is 18.1 Å². The van der Waals surface area contributed by atoms with Gasteiger partial charge in [0.1, 0.15) is 23.5 Å². The number of hydrogen-bond acceptors (Lipinski definition) is 5. The van der Waals surface area contributed by atoms with Gasteiger partial charge in [-0.25, -0.2) is 13.8 Å². The number of nitrogens with zero attached hydrogens (tertiary/aromatic N) is 2. The van der Waals surface area contributed by atoms with Gasteiger partial charge >= 0.3 is 0 Å². The maximum atomic E-state index is 13.5. The number of fused-ring (bicyclic) bond motifs is 1. The number of ether oxygens (including phenoxy) is 2. The number of H-pyrrole nitrogens is 1. The second-order valence-corrected chi connectivity index (χ2v) is 8.38. The van der Waals surface area contributed by atoms with Gasteiger partial charge in [-0.3, -0.25) is 4.79 Å². The second kappa shape index (κ2) is 11.0. The van der Waals surface area contributed by atoms with Gasteiger partial charge in [-0.15, -0.1) is 0 Å². The molecule has 0 atom stereocenters. The molecule has 1 aromatic heterocycles. The molecule has 0 saturated heterocycles. The molecule has 4 rings (SSSR count). The molecule has 0 spiro atoms. The van der Waals surface area contributed by atoms with Gasteiger partial charge < -0.3 is 19.8 Å². The average Bonchev–Trinajstić information content (AvgIpc) is 3.26. The minimum atomic E-state index is -0.437. The van der Waals surface area contributed by atoms with Crippen LogP contribution in [0.15, 0.2) is 59.1 Å². The van der Waals surface area contributed by atoms with Crippen LogP contribution >= 0.6 is 15.9 Å². The van der Waals surface area contributed by atoms with Crippen molar-refractivity contribution < 1.29 is 23.0 Å². The molecule has 10 heteroatoms. The molecule has 0 aliphatic carbocycles. The molecule has 0 fully saturated rings. The predicted octanol–water partition coefficient (Wildman–Crippen LogP) is 6.08. The molecule has 36 heavy (non-hydrogen) atoms. The summed E-state index contributed by atoms with van der Waals surface area (Å²) in [5, 5.41) is 12.3. The molecule has 0 bridgehead atoms. The van der Waals surface area contributed by atoms with Crippen LogP contribution in [0.25, 0.3) is 22.7 Å². The highest BCUT2D eigenvalue weighted by atomic mass is 79.9. The maximum absolute atomic E-state index is 13.5. The Morgan fingerprint density at radius 1 is 1.14 bits per heavy atom. The first-order chi connectivity index (χ1) is 17.4. The Bertz CT molecular complexity index is 1490. The predicted molar refractivity (Wildman–Crippen MR) is 135 cm³/mol. The van der Waals surface area contributed by atoms with Crippen LogP contribution in [0, 0.1) is 23.0 Å². The largest absolute Gasteiger partial charge is 0.490 e. The summed E-state index contributed by atoms with van der Waals surface area (Å²) in [6.07, 6.45) is 1.60. The van der Waals surface area contributed by atoms with E-state index < -0.39 is 17.5 Å². The third kappa shape index (κ3) is 5.87. The molecule has 1 heterocycles. The summed E-state index contributed by atoms with van der Waals surface area (Å²) in [6.45, 7) is 1.82. The Hall–Kier alpha value is -4.23. The summed E-state index contributed by atoms with van der Waals surface area (Å²) < 4.78 is 38.5. The van der Waals surface area contributed by atoms with Crippen LogP contribution in [0.4, 0.5) is 14.5 Å². The van der Waals surface area contributed by atoms with Crippen molar-refractivity contribution in [1.82, 2.24) is 9.97 Å². The highest BCUT2D eigenvalue weighted by Crippen LogP contribution is 2.38. The number of carbonyl (C=O) groups excluding carboxylic acids is 1. The lowest BCUT2D eigenvalue weighted by atomic mass is 10.1. The van der Waals surface area contributed by atoms with Gasteiger partial charge in [0, 0.05) is 5.69 Å². The Morgan fingerprint density at radius 3 is 2.61 bits per heavy atom. The molecule has 0 aliphatic rings. The first-order valence-electron chi connectivity index (χ1n) is 10.8. The summed E-state index contributed by atoms with van der Waals surface area (Å²) in [7, 11) is 0. The first kappa shape index (κ1) is 24.9. The van der Waals surface area contributed by atoms with Crippen LogP contribution in [0.1, 0.15) is 18.3 Å². The average molecular weight is 553 g/mol. The standard InChI is InChI=1S/C26H19BrF2N4O3/c1-2-35-23-11-15(9-16(13-30)26-32-21-8-5-18(29)12-22(21)33-26)10-20(27)25(23)36-14-24(34)31-19-6-3-17(28)4-7-19/h3-12H,2,14H2,1H3,(H,31,34)(H,32,33)/b16-9-. The minimum absolute atomic E-state index is 0.230. The zero-order valence-electron chi connectivity index (χ0n) is 18.9. The molecule has 182 valence electrons. The van der Waals surface area contributed by atoms with E-state index in [0.717, 1.165) is 0 Å². The fourth-order valence-corrected chi connectivity index (χ4v) is 3.95. The van der Waals surface area contributed by atoms with Crippen molar-refractivity contribution in [2.24, 2.45) is 0 Å². The van der Waals surface area contributed by atoms with Gasteiger partial charge in [0.05, 0.1) is 27.7 Å². The number of rotatable bonds is 8. The quantitative estimate of drug-likeness (QED) is 0.258. The number of imidazole rings is 1. The molecule has 1 amide bonds. The molecule has 0 radical (unpaired) electrons. The number of hydrogen-bond donors (Lipinski definition) is 2. The van der Waals surface area contributed by atoms with E-state index in [1.807, 2.05) is 0 Å². The third-order valence-corrected chi connectivity index (χ3v) is 5.53. The number of halogens is 3. The molecular formula is C26H19BrF2N4O3. The van der Waals surface area contributed by atoms with Crippen LogP contribution in [0.2, 0.25) is 0 Å². The van der Waals surface area contributed by atoms with Crippen LogP contribution < -0.4 is 14.8 Å². The van der Waals surface area contributed by atoms with Crippen molar-refractivity contribution in [3.8, 4) is 17.6 Å². The van der Waals surface area contributed by atoms with E-state index in [0.29, 0.717) is 50.7 Å². The smallest absolute Gasteiger partial charge is 0.262 e. The summed E-state index contributed by atoms with van der Waals surface area (Å²) in [5.41, 5.74) is 2.29. The number of aromatic amines is 1. The van der Waals surface area contributed by atoms with Crippen molar-refractivity contribution in [3.05, 3.63) is 82.1 Å². The number of carbonyl (C=O) groups is 1. The molecule has 7 nitrogen and oxygen atoms in total. The summed E-state index contributed by atoms with van der Waals surface area (Å²) in [6, 6.07) is 15.0. The van der Waals surface area contributed by atoms with E-state index in [2.05, 4.69) is 37.3 Å². The lowest BCUT2D eigenvalue weighted by molar-refractivity contribution is -0.118. The normalized spacial score (nSPS) is 11.2. The molecule has 0 saturated carbocycles. The summed E-state index contributed by atoms with van der Waals surface area (Å²) in [4.78, 5) is 19.6. The van der Waals surface area contributed by atoms with Crippen molar-refractivity contribution in [2.75, 3.05) is 18.5 Å². The number of aromatic nitrogens is 2. The maximum Gasteiger partial charge on any atom is 0.262 e. The van der Waals surface area contributed by atoms with Crippen molar-refractivity contribution in [2.45, 2.75) is 6.92 Å². The van der Waals surface area contributed by atoms with Crippen LogP contribution in [0.3, 0.4) is 0 Å². The molecular weight excluding hydrogens is 534 g/mol. The minimum Gasteiger partial charge on any atom is -0.490 e. The summed E-state index contributed by atoms with van der Waals surface area (Å²) >= 11 is 3.44. The number of nitrogens with one attached hydrogen (secondary N) is 2. The lowest BCUT2D eigenvalue weighted by Gasteiger charge is -2.15. The van der Waals surface area contributed by atoms with Gasteiger partial charge in [0.2, 0.25) is 0 Å². The Labute approximate surface area is 213 Å². The number of allylic oxidation sites excluding steroid dienone is 1. The molecule has 0 aliphatic heterocycles. The zero-order chi connectivity index (χ0) is 25.7. The lowest BCUT2D eigenvalue weighted by Crippen LogP contribution is -2.20. The third-order valence-electron chi connectivity index (χ3n) is 4.94.